The number of furan rings is 1. The van der Waals surface area contributed by atoms with E-state index in [9.17, 15) is 18.0 Å². The van der Waals surface area contributed by atoms with Crippen molar-refractivity contribution in [3.8, 4) is 11.3 Å². The maximum atomic E-state index is 13.0. The van der Waals surface area contributed by atoms with Crippen LogP contribution < -0.4 is 5.32 Å². The molecule has 2 aromatic heterocycles. The number of benzene rings is 1. The Kier molecular flexibility index (Phi) is 5.13. The molecule has 1 aliphatic carbocycles. The standard InChI is InChI=1S/C21H20F3N3O3/c1-13-25-19(27-30-13)20(10-3-2-4-11-20)26-18(28)17-9-8-16(29-17)14-6-5-7-15(12-14)21(22,23)24/h5-9,12H,2-4,10-11H2,1H3,(H,26,28). The summed E-state index contributed by atoms with van der Waals surface area (Å²) in [4.78, 5) is 17.2. The van der Waals surface area contributed by atoms with Crippen LogP contribution in [-0.2, 0) is 11.7 Å². The van der Waals surface area contributed by atoms with Gasteiger partial charge in [0, 0.05) is 12.5 Å². The summed E-state index contributed by atoms with van der Waals surface area (Å²) in [5.74, 6) is 0.552. The second-order valence-electron chi connectivity index (χ2n) is 7.48. The number of hydrogen-bond acceptors (Lipinski definition) is 5. The SMILES string of the molecule is Cc1nc(C2(NC(=O)c3ccc(-c4cccc(C(F)(F)F)c4)o3)CCCCC2)no1. The van der Waals surface area contributed by atoms with Gasteiger partial charge in [-0.25, -0.2) is 0 Å². The molecule has 0 aliphatic heterocycles. The quantitative estimate of drug-likeness (QED) is 0.625. The Balaban J connectivity index is 1.58. The van der Waals surface area contributed by atoms with Crippen LogP contribution in [-0.4, -0.2) is 16.0 Å². The zero-order chi connectivity index (χ0) is 21.4. The van der Waals surface area contributed by atoms with Crippen molar-refractivity contribution in [1.82, 2.24) is 15.5 Å². The van der Waals surface area contributed by atoms with Crippen molar-refractivity contribution in [2.45, 2.75) is 50.7 Å². The van der Waals surface area contributed by atoms with E-state index in [1.807, 2.05) is 0 Å². The van der Waals surface area contributed by atoms with E-state index in [1.165, 1.54) is 24.3 Å². The first-order valence-corrected chi connectivity index (χ1v) is 9.68. The van der Waals surface area contributed by atoms with Crippen LogP contribution in [0.3, 0.4) is 0 Å². The van der Waals surface area contributed by atoms with Crippen LogP contribution in [0.1, 0.15) is 59.9 Å². The predicted molar refractivity (Wildman–Crippen MR) is 100 cm³/mol. The zero-order valence-corrected chi connectivity index (χ0v) is 16.3. The molecule has 1 fully saturated rings. The maximum Gasteiger partial charge on any atom is 0.416 e. The fourth-order valence-electron chi connectivity index (χ4n) is 3.80. The molecule has 2 heterocycles. The molecule has 0 unspecified atom stereocenters. The van der Waals surface area contributed by atoms with E-state index in [2.05, 4.69) is 15.5 Å². The zero-order valence-electron chi connectivity index (χ0n) is 16.3. The maximum absolute atomic E-state index is 13.0. The van der Waals surface area contributed by atoms with E-state index in [0.29, 0.717) is 24.6 Å². The fourth-order valence-corrected chi connectivity index (χ4v) is 3.80. The summed E-state index contributed by atoms with van der Waals surface area (Å²) in [5, 5.41) is 6.99. The number of aromatic nitrogens is 2. The van der Waals surface area contributed by atoms with Gasteiger partial charge in [-0.3, -0.25) is 4.79 Å². The van der Waals surface area contributed by atoms with Crippen molar-refractivity contribution < 1.29 is 26.9 Å². The van der Waals surface area contributed by atoms with E-state index < -0.39 is 23.2 Å². The van der Waals surface area contributed by atoms with Gasteiger partial charge >= 0.3 is 6.18 Å². The summed E-state index contributed by atoms with van der Waals surface area (Å²) in [6.07, 6.45) is -0.269. The van der Waals surface area contributed by atoms with E-state index in [-0.39, 0.29) is 17.1 Å². The monoisotopic (exact) mass is 419 g/mol. The second-order valence-corrected chi connectivity index (χ2v) is 7.48. The Bertz CT molecular complexity index is 1050. The number of alkyl halides is 3. The van der Waals surface area contributed by atoms with E-state index in [1.54, 1.807) is 6.92 Å². The molecule has 158 valence electrons. The Morgan fingerprint density at radius 2 is 1.90 bits per heavy atom. The molecule has 6 nitrogen and oxygen atoms in total. The molecule has 0 bridgehead atoms. The molecule has 0 radical (unpaired) electrons. The van der Waals surface area contributed by atoms with Gasteiger partial charge in [0.25, 0.3) is 5.91 Å². The number of halogens is 3. The third kappa shape index (κ3) is 3.96. The molecule has 1 amide bonds. The molecule has 0 saturated heterocycles. The molecule has 1 N–H and O–H groups in total. The highest BCUT2D eigenvalue weighted by molar-refractivity contribution is 5.92. The fraction of sp³-hybridized carbons (Fsp3) is 0.381. The molecule has 0 atom stereocenters. The first-order chi connectivity index (χ1) is 14.3. The first kappa shape index (κ1) is 20.2. The van der Waals surface area contributed by atoms with Crippen molar-refractivity contribution >= 4 is 5.91 Å². The predicted octanol–water partition coefficient (Wildman–Crippen LogP) is 5.25. The Hall–Kier alpha value is -3.10. The molecule has 1 aliphatic rings. The highest BCUT2D eigenvalue weighted by Gasteiger charge is 2.40. The van der Waals surface area contributed by atoms with Gasteiger partial charge in [-0.1, -0.05) is 36.6 Å². The van der Waals surface area contributed by atoms with Crippen molar-refractivity contribution in [3.05, 3.63) is 59.4 Å². The van der Waals surface area contributed by atoms with Crippen molar-refractivity contribution in [2.24, 2.45) is 0 Å². The number of aryl methyl sites for hydroxylation is 1. The van der Waals surface area contributed by atoms with Gasteiger partial charge in [-0.2, -0.15) is 18.2 Å². The van der Waals surface area contributed by atoms with Gasteiger partial charge in [-0.05, 0) is 37.1 Å². The van der Waals surface area contributed by atoms with Gasteiger partial charge in [-0.15, -0.1) is 0 Å². The first-order valence-electron chi connectivity index (χ1n) is 9.68. The summed E-state index contributed by atoms with van der Waals surface area (Å²) in [5.41, 5.74) is -1.29. The highest BCUT2D eigenvalue weighted by atomic mass is 19.4. The minimum Gasteiger partial charge on any atom is -0.451 e. The van der Waals surface area contributed by atoms with Crippen LogP contribution in [0.2, 0.25) is 0 Å². The van der Waals surface area contributed by atoms with Gasteiger partial charge in [0.2, 0.25) is 5.89 Å². The molecule has 4 rings (SSSR count). The normalized spacial score (nSPS) is 16.4. The Morgan fingerprint density at radius 3 is 2.57 bits per heavy atom. The lowest BCUT2D eigenvalue weighted by Crippen LogP contribution is -2.48. The molecule has 0 spiro atoms. The molecular formula is C21H20F3N3O3. The number of hydrogen-bond donors (Lipinski definition) is 1. The lowest BCUT2D eigenvalue weighted by molar-refractivity contribution is -0.137. The van der Waals surface area contributed by atoms with Crippen LogP contribution >= 0.6 is 0 Å². The minimum atomic E-state index is -4.46. The largest absolute Gasteiger partial charge is 0.451 e. The number of amides is 1. The van der Waals surface area contributed by atoms with Gasteiger partial charge < -0.3 is 14.3 Å². The van der Waals surface area contributed by atoms with Crippen LogP contribution in [0, 0.1) is 6.92 Å². The van der Waals surface area contributed by atoms with Gasteiger partial charge in [0.1, 0.15) is 11.3 Å². The third-order valence-corrected chi connectivity index (χ3v) is 5.32. The van der Waals surface area contributed by atoms with Gasteiger partial charge in [0.05, 0.1) is 5.56 Å². The topological polar surface area (TPSA) is 81.2 Å². The van der Waals surface area contributed by atoms with Crippen molar-refractivity contribution in [1.29, 1.82) is 0 Å². The summed E-state index contributed by atoms with van der Waals surface area (Å²) >= 11 is 0. The average molecular weight is 419 g/mol. The number of nitrogens with zero attached hydrogens (tertiary/aromatic N) is 2. The number of carbonyl (C=O) groups is 1. The smallest absolute Gasteiger partial charge is 0.416 e. The van der Waals surface area contributed by atoms with E-state index >= 15 is 0 Å². The number of nitrogens with one attached hydrogen (secondary N) is 1. The van der Waals surface area contributed by atoms with Crippen LogP contribution in [0.15, 0.2) is 45.3 Å². The Labute approximate surface area is 170 Å². The summed E-state index contributed by atoms with van der Waals surface area (Å²) < 4.78 is 49.6. The van der Waals surface area contributed by atoms with Gasteiger partial charge in [0.15, 0.2) is 11.6 Å². The number of rotatable bonds is 4. The van der Waals surface area contributed by atoms with Crippen LogP contribution in [0.25, 0.3) is 11.3 Å². The molecule has 1 saturated carbocycles. The average Bonchev–Trinajstić information content (AvgIpc) is 3.38. The summed E-state index contributed by atoms with van der Waals surface area (Å²) in [6.45, 7) is 1.68. The van der Waals surface area contributed by atoms with E-state index in [0.717, 1.165) is 31.4 Å². The minimum absolute atomic E-state index is 0.00702. The lowest BCUT2D eigenvalue weighted by Gasteiger charge is -2.34. The molecule has 9 heteroatoms. The van der Waals surface area contributed by atoms with Crippen LogP contribution in [0.4, 0.5) is 13.2 Å². The molecular weight excluding hydrogens is 399 g/mol. The molecule has 1 aromatic carbocycles. The van der Waals surface area contributed by atoms with E-state index in [4.69, 9.17) is 8.94 Å². The summed E-state index contributed by atoms with van der Waals surface area (Å²) in [6, 6.07) is 7.71. The van der Waals surface area contributed by atoms with Crippen molar-refractivity contribution in [2.75, 3.05) is 0 Å². The summed E-state index contributed by atoms with van der Waals surface area (Å²) in [7, 11) is 0. The Morgan fingerprint density at radius 1 is 1.13 bits per heavy atom. The second kappa shape index (κ2) is 7.62. The lowest BCUT2D eigenvalue weighted by atomic mass is 9.81. The molecule has 30 heavy (non-hydrogen) atoms. The third-order valence-electron chi connectivity index (χ3n) is 5.32. The van der Waals surface area contributed by atoms with Crippen LogP contribution in [0.5, 0.6) is 0 Å². The number of carbonyl (C=O) groups excluding carboxylic acids is 1. The highest BCUT2D eigenvalue weighted by Crippen LogP contribution is 2.36. The van der Waals surface area contributed by atoms with Crippen molar-refractivity contribution in [3.63, 3.8) is 0 Å². The molecule has 3 aromatic rings.